The monoisotopic (exact) mass is 214 g/mol. The number of amides is 2. The number of hydrogen-bond acceptors (Lipinski definition) is 2. The van der Waals surface area contributed by atoms with Gasteiger partial charge in [0.15, 0.2) is 0 Å². The van der Waals surface area contributed by atoms with Crippen LogP contribution in [0, 0.1) is 5.41 Å². The maximum Gasteiger partial charge on any atom is 1.00 e. The van der Waals surface area contributed by atoms with Crippen LogP contribution >= 0.6 is 0 Å². The quantitative estimate of drug-likeness (QED) is 0.363. The van der Waals surface area contributed by atoms with Crippen molar-refractivity contribution >= 4 is 12.8 Å². The fourth-order valence-corrected chi connectivity index (χ4v) is 2.37. The summed E-state index contributed by atoms with van der Waals surface area (Å²) in [5, 5.41) is 5.58. The van der Waals surface area contributed by atoms with Crippen LogP contribution < -0.4 is 48.4 Å². The minimum atomic E-state index is 0. The number of hydrogen-bond donors (Lipinski definition) is 2. The molecule has 84 valence electrons. The van der Waals surface area contributed by atoms with Crippen molar-refractivity contribution in [2.45, 2.75) is 45.2 Å². The molecule has 0 heterocycles. The van der Waals surface area contributed by atoms with Gasteiger partial charge in [-0.2, -0.15) is 0 Å². The Morgan fingerprint density at radius 3 is 1.75 bits per heavy atom. The standard InChI is InChI=1S/C10H18N2O2.2Li.2H/c1-10(2)4-8(11-6-13)3-9(5-10)12-7-14;;;;/h6-9H,3-5H2,1-2H3,(H,11,13)(H,12,14);;;;/q;2*+1;2*-1. The van der Waals surface area contributed by atoms with Crippen LogP contribution in [0.15, 0.2) is 0 Å². The SMILES string of the molecule is CC1(C)CC(NC=O)CC(NC=O)C1.[H-].[H-].[Li+].[Li+]. The molecule has 1 saturated carbocycles. The minimum Gasteiger partial charge on any atom is -1.00 e. The summed E-state index contributed by atoms with van der Waals surface area (Å²) in [5.74, 6) is 0. The minimum absolute atomic E-state index is 0. The zero-order chi connectivity index (χ0) is 10.6. The molecule has 16 heavy (non-hydrogen) atoms. The molecule has 4 nitrogen and oxygen atoms in total. The topological polar surface area (TPSA) is 58.2 Å². The van der Waals surface area contributed by atoms with E-state index < -0.39 is 0 Å². The summed E-state index contributed by atoms with van der Waals surface area (Å²) in [6.07, 6.45) is 4.26. The predicted molar refractivity (Wildman–Crippen MR) is 55.8 cm³/mol. The molecule has 0 bridgehead atoms. The van der Waals surface area contributed by atoms with Crippen LogP contribution in [0.2, 0.25) is 0 Å². The molecule has 1 rings (SSSR count). The molecule has 2 unspecified atom stereocenters. The fourth-order valence-electron chi connectivity index (χ4n) is 2.37. The molecule has 1 fully saturated rings. The molecule has 0 spiro atoms. The summed E-state index contributed by atoms with van der Waals surface area (Å²) < 4.78 is 0. The average Bonchev–Trinajstić information content (AvgIpc) is 2.01. The van der Waals surface area contributed by atoms with Crippen LogP contribution in [0.5, 0.6) is 0 Å². The van der Waals surface area contributed by atoms with E-state index in [9.17, 15) is 9.59 Å². The van der Waals surface area contributed by atoms with Crippen molar-refractivity contribution in [1.29, 1.82) is 0 Å². The molecular weight excluding hydrogens is 194 g/mol. The van der Waals surface area contributed by atoms with Crippen molar-refractivity contribution in [1.82, 2.24) is 10.6 Å². The normalized spacial score (nSPS) is 26.6. The number of carbonyl (C=O) groups is 2. The zero-order valence-electron chi connectivity index (χ0n) is 12.7. The van der Waals surface area contributed by atoms with Gasteiger partial charge in [-0.1, -0.05) is 13.8 Å². The van der Waals surface area contributed by atoms with Crippen molar-refractivity contribution < 1.29 is 50.2 Å². The molecule has 0 aromatic heterocycles. The third kappa shape index (κ3) is 6.02. The maximum absolute atomic E-state index is 10.3. The van der Waals surface area contributed by atoms with Gasteiger partial charge in [-0.15, -0.1) is 0 Å². The second kappa shape index (κ2) is 8.26. The third-order valence-corrected chi connectivity index (χ3v) is 2.77. The van der Waals surface area contributed by atoms with Gasteiger partial charge in [-0.3, -0.25) is 9.59 Å². The molecule has 0 aromatic rings. The molecule has 6 heteroatoms. The van der Waals surface area contributed by atoms with Gasteiger partial charge in [0.1, 0.15) is 0 Å². The molecule has 1 aliphatic rings. The smallest absolute Gasteiger partial charge is 1.00 e. The number of nitrogens with one attached hydrogen (secondary N) is 2. The van der Waals surface area contributed by atoms with E-state index in [1.165, 1.54) is 0 Å². The first-order valence-corrected chi connectivity index (χ1v) is 4.97. The summed E-state index contributed by atoms with van der Waals surface area (Å²) in [7, 11) is 0. The van der Waals surface area contributed by atoms with Crippen LogP contribution in [0.1, 0.15) is 36.0 Å². The molecule has 2 amide bonds. The van der Waals surface area contributed by atoms with E-state index in [2.05, 4.69) is 24.5 Å². The van der Waals surface area contributed by atoms with Crippen LogP contribution in [-0.2, 0) is 9.59 Å². The molecule has 0 saturated heterocycles. The first-order chi connectivity index (χ1) is 6.57. The Labute approximate surface area is 124 Å². The van der Waals surface area contributed by atoms with E-state index in [4.69, 9.17) is 0 Å². The predicted octanol–water partition coefficient (Wildman–Crippen LogP) is -5.34. The van der Waals surface area contributed by atoms with Crippen molar-refractivity contribution in [2.75, 3.05) is 0 Å². The maximum atomic E-state index is 10.3. The van der Waals surface area contributed by atoms with E-state index in [1.54, 1.807) is 0 Å². The van der Waals surface area contributed by atoms with E-state index in [0.29, 0.717) is 0 Å². The molecular formula is C10H20Li2N2O2. The Morgan fingerprint density at radius 2 is 1.44 bits per heavy atom. The largest absolute Gasteiger partial charge is 1.00 e. The zero-order valence-corrected chi connectivity index (χ0v) is 10.7. The van der Waals surface area contributed by atoms with Crippen molar-refractivity contribution in [2.24, 2.45) is 5.41 Å². The number of rotatable bonds is 4. The van der Waals surface area contributed by atoms with Crippen molar-refractivity contribution in [3.05, 3.63) is 0 Å². The average molecular weight is 214 g/mol. The summed E-state index contributed by atoms with van der Waals surface area (Å²) >= 11 is 0. The Balaban J connectivity index is -0.000000245. The Bertz CT molecular complexity index is 214. The Morgan fingerprint density at radius 1 is 1.06 bits per heavy atom. The van der Waals surface area contributed by atoms with E-state index in [1.807, 2.05) is 0 Å². The second-order valence-corrected chi connectivity index (χ2v) is 4.77. The van der Waals surface area contributed by atoms with Gasteiger partial charge in [0.05, 0.1) is 0 Å². The first kappa shape index (κ1) is 18.5. The first-order valence-electron chi connectivity index (χ1n) is 4.97. The van der Waals surface area contributed by atoms with E-state index in [0.717, 1.165) is 32.1 Å². The molecule has 2 atom stereocenters. The van der Waals surface area contributed by atoms with Crippen LogP contribution in [-0.4, -0.2) is 24.9 Å². The van der Waals surface area contributed by atoms with Crippen LogP contribution in [0.25, 0.3) is 0 Å². The van der Waals surface area contributed by atoms with Crippen molar-refractivity contribution in [3.63, 3.8) is 0 Å². The molecule has 0 aliphatic heterocycles. The van der Waals surface area contributed by atoms with E-state index >= 15 is 0 Å². The van der Waals surface area contributed by atoms with Gasteiger partial charge in [-0.25, -0.2) is 0 Å². The van der Waals surface area contributed by atoms with Gasteiger partial charge >= 0.3 is 37.7 Å². The summed E-state index contributed by atoms with van der Waals surface area (Å²) in [5.41, 5.74) is 0.180. The molecule has 2 N–H and O–H groups in total. The second-order valence-electron chi connectivity index (χ2n) is 4.77. The summed E-state index contributed by atoms with van der Waals surface area (Å²) in [4.78, 5) is 20.7. The van der Waals surface area contributed by atoms with Gasteiger partial charge in [0.2, 0.25) is 12.8 Å². The van der Waals surface area contributed by atoms with Crippen LogP contribution in [0.4, 0.5) is 0 Å². The fraction of sp³-hybridized carbons (Fsp3) is 0.800. The van der Waals surface area contributed by atoms with Gasteiger partial charge in [0, 0.05) is 12.1 Å². The summed E-state index contributed by atoms with van der Waals surface area (Å²) in [6, 6.07) is 0.377. The number of carbonyl (C=O) groups excluding carboxylic acids is 2. The van der Waals surface area contributed by atoms with Gasteiger partial charge in [-0.05, 0) is 24.7 Å². The molecule has 0 aromatic carbocycles. The van der Waals surface area contributed by atoms with Gasteiger partial charge < -0.3 is 13.5 Å². The molecule has 0 radical (unpaired) electrons. The Hall–Kier alpha value is 0.135. The Kier molecular flexibility index (Phi) is 9.55. The van der Waals surface area contributed by atoms with Gasteiger partial charge in [0.25, 0.3) is 0 Å². The summed E-state index contributed by atoms with van der Waals surface area (Å²) in [6.45, 7) is 4.32. The van der Waals surface area contributed by atoms with Crippen molar-refractivity contribution in [3.8, 4) is 0 Å². The molecule has 1 aliphatic carbocycles. The van der Waals surface area contributed by atoms with Crippen LogP contribution in [0.3, 0.4) is 0 Å². The third-order valence-electron chi connectivity index (χ3n) is 2.77. The van der Waals surface area contributed by atoms with E-state index in [-0.39, 0.29) is 58.1 Å².